The number of aryl methyl sites for hydroxylation is 1. The van der Waals surface area contributed by atoms with Crippen molar-refractivity contribution in [3.8, 4) is 0 Å². The van der Waals surface area contributed by atoms with Gasteiger partial charge in [-0.3, -0.25) is 14.7 Å². The summed E-state index contributed by atoms with van der Waals surface area (Å²) >= 11 is 0. The van der Waals surface area contributed by atoms with Crippen molar-refractivity contribution in [1.29, 1.82) is 0 Å². The summed E-state index contributed by atoms with van der Waals surface area (Å²) in [5, 5.41) is 0. The molecule has 2 aliphatic rings. The number of likely N-dealkylation sites (tertiary alicyclic amines) is 1. The highest BCUT2D eigenvalue weighted by Gasteiger charge is 2.21. The van der Waals surface area contributed by atoms with Crippen LogP contribution in [0, 0.1) is 11.6 Å². The van der Waals surface area contributed by atoms with Gasteiger partial charge in [0.25, 0.3) is 0 Å². The number of piperidine rings is 1. The van der Waals surface area contributed by atoms with E-state index in [4.69, 9.17) is 0 Å². The Morgan fingerprint density at radius 1 is 1.00 bits per heavy atom. The molecule has 2 aromatic rings. The van der Waals surface area contributed by atoms with E-state index in [1.165, 1.54) is 25.3 Å². The smallest absolute Gasteiger partial charge is 0.170 e. The average molecular weight is 382 g/mol. The first-order valence-electron chi connectivity index (χ1n) is 9.98. The third kappa shape index (κ3) is 4.20. The van der Waals surface area contributed by atoms with Gasteiger partial charge in [-0.25, -0.2) is 8.78 Å². The number of hydrogen-bond acceptors (Lipinski definition) is 3. The number of hydrogen-bond donors (Lipinski definition) is 0. The summed E-state index contributed by atoms with van der Waals surface area (Å²) < 4.78 is 27.2. The molecule has 0 bridgehead atoms. The maximum atomic E-state index is 13.9. The van der Waals surface area contributed by atoms with E-state index in [2.05, 4.69) is 9.89 Å². The molecule has 5 heteroatoms. The van der Waals surface area contributed by atoms with Gasteiger partial charge in [0.2, 0.25) is 0 Å². The minimum atomic E-state index is -0.841. The predicted octanol–water partition coefficient (Wildman–Crippen LogP) is 5.24. The molecular weight excluding hydrogens is 358 g/mol. The number of aliphatic imine (C=N–C) groups is 1. The van der Waals surface area contributed by atoms with E-state index in [0.717, 1.165) is 37.0 Å². The van der Waals surface area contributed by atoms with Crippen LogP contribution in [0.4, 0.5) is 14.5 Å². The normalized spacial score (nSPS) is 17.4. The van der Waals surface area contributed by atoms with Crippen LogP contribution < -0.4 is 0 Å². The van der Waals surface area contributed by atoms with E-state index in [-0.39, 0.29) is 12.2 Å². The van der Waals surface area contributed by atoms with Crippen LogP contribution in [-0.2, 0) is 13.0 Å². The van der Waals surface area contributed by atoms with Crippen LogP contribution in [0.5, 0.6) is 0 Å². The number of carbonyl (C=O) groups is 1. The van der Waals surface area contributed by atoms with Gasteiger partial charge >= 0.3 is 0 Å². The molecule has 0 spiro atoms. The van der Waals surface area contributed by atoms with Gasteiger partial charge in [-0.1, -0.05) is 24.6 Å². The van der Waals surface area contributed by atoms with E-state index in [1.807, 2.05) is 18.2 Å². The van der Waals surface area contributed by atoms with E-state index >= 15 is 0 Å². The number of halogens is 2. The predicted molar refractivity (Wildman–Crippen MR) is 106 cm³/mol. The Morgan fingerprint density at radius 2 is 1.82 bits per heavy atom. The highest BCUT2D eigenvalue weighted by atomic mass is 19.2. The highest BCUT2D eigenvalue weighted by molar-refractivity contribution is 6.15. The lowest BCUT2D eigenvalue weighted by Crippen LogP contribution is -2.29. The van der Waals surface area contributed by atoms with E-state index < -0.39 is 11.6 Å². The van der Waals surface area contributed by atoms with Gasteiger partial charge in [0, 0.05) is 24.2 Å². The van der Waals surface area contributed by atoms with Crippen LogP contribution in [0.1, 0.15) is 53.6 Å². The zero-order valence-electron chi connectivity index (χ0n) is 15.9. The lowest BCUT2D eigenvalue weighted by Gasteiger charge is -2.26. The van der Waals surface area contributed by atoms with Gasteiger partial charge in [-0.2, -0.15) is 0 Å². The van der Waals surface area contributed by atoms with Crippen molar-refractivity contribution in [3.63, 3.8) is 0 Å². The molecule has 28 heavy (non-hydrogen) atoms. The standard InChI is InChI=1S/C23H24F2N2O/c24-20-6-4-5-17(23(20)25)8-9-18-14-22(28)19-10-7-16(13-21(19)26-18)15-27-11-2-1-3-12-27/h4-7,10,13H,1-3,8-9,11-12,14-15H2. The largest absolute Gasteiger partial charge is 0.299 e. The van der Waals surface area contributed by atoms with E-state index in [0.29, 0.717) is 29.7 Å². The second-order valence-corrected chi connectivity index (χ2v) is 7.68. The fraction of sp³-hybridized carbons (Fsp3) is 0.391. The Kier molecular flexibility index (Phi) is 5.62. The van der Waals surface area contributed by atoms with E-state index in [9.17, 15) is 13.6 Å². The topological polar surface area (TPSA) is 32.7 Å². The molecule has 2 aliphatic heterocycles. The first-order chi connectivity index (χ1) is 13.6. The maximum absolute atomic E-state index is 13.9. The monoisotopic (exact) mass is 382 g/mol. The lowest BCUT2D eigenvalue weighted by molar-refractivity contribution is 0.0999. The summed E-state index contributed by atoms with van der Waals surface area (Å²) in [6.07, 6.45) is 4.80. The Balaban J connectivity index is 1.49. The summed E-state index contributed by atoms with van der Waals surface area (Å²) in [4.78, 5) is 19.6. The van der Waals surface area contributed by atoms with Gasteiger partial charge in [-0.05, 0) is 68.1 Å². The molecule has 0 aliphatic carbocycles. The van der Waals surface area contributed by atoms with Gasteiger partial charge in [0.1, 0.15) is 0 Å². The number of nitrogens with zero attached hydrogens (tertiary/aromatic N) is 2. The summed E-state index contributed by atoms with van der Waals surface area (Å²) in [5.41, 5.74) is 3.58. The molecule has 2 aromatic carbocycles. The minimum Gasteiger partial charge on any atom is -0.299 e. The first kappa shape index (κ1) is 18.9. The SMILES string of the molecule is O=C1CC(CCc2cccc(F)c2F)=Nc2cc(CN3CCCCC3)ccc21. The third-order valence-electron chi connectivity index (χ3n) is 5.58. The Hall–Kier alpha value is -2.40. The molecule has 0 aromatic heterocycles. The lowest BCUT2D eigenvalue weighted by atomic mass is 9.95. The molecule has 3 nitrogen and oxygen atoms in total. The third-order valence-corrected chi connectivity index (χ3v) is 5.58. The summed E-state index contributed by atoms with van der Waals surface area (Å²) in [6, 6.07) is 10.1. The van der Waals surface area contributed by atoms with Crippen molar-refractivity contribution >= 4 is 17.2 Å². The van der Waals surface area contributed by atoms with Crippen molar-refractivity contribution in [2.75, 3.05) is 13.1 Å². The number of fused-ring (bicyclic) bond motifs is 1. The molecule has 0 amide bonds. The molecule has 146 valence electrons. The molecule has 0 saturated carbocycles. The van der Waals surface area contributed by atoms with Gasteiger partial charge in [0.15, 0.2) is 17.4 Å². The summed E-state index contributed by atoms with van der Waals surface area (Å²) in [6.45, 7) is 3.11. The number of carbonyl (C=O) groups excluding carboxylic acids is 1. The van der Waals surface area contributed by atoms with Gasteiger partial charge in [0.05, 0.1) is 5.69 Å². The Bertz CT molecular complexity index is 917. The summed E-state index contributed by atoms with van der Waals surface area (Å²) in [7, 11) is 0. The molecule has 0 N–H and O–H groups in total. The molecule has 0 radical (unpaired) electrons. The maximum Gasteiger partial charge on any atom is 0.170 e. The molecule has 4 rings (SSSR count). The highest BCUT2D eigenvalue weighted by Crippen LogP contribution is 2.29. The average Bonchev–Trinajstić information content (AvgIpc) is 2.70. The Morgan fingerprint density at radius 3 is 2.64 bits per heavy atom. The molecular formula is C23H24F2N2O. The van der Waals surface area contributed by atoms with Crippen LogP contribution in [0.15, 0.2) is 41.4 Å². The number of ketones is 1. The van der Waals surface area contributed by atoms with Crippen molar-refractivity contribution in [2.45, 2.75) is 45.1 Å². The zero-order chi connectivity index (χ0) is 19.5. The number of benzene rings is 2. The molecule has 0 atom stereocenters. The summed E-state index contributed by atoms with van der Waals surface area (Å²) in [5.74, 6) is -1.61. The number of rotatable bonds is 5. The quantitative estimate of drug-likeness (QED) is 0.708. The fourth-order valence-corrected chi connectivity index (χ4v) is 4.03. The van der Waals surface area contributed by atoms with Crippen LogP contribution >= 0.6 is 0 Å². The van der Waals surface area contributed by atoms with Crippen LogP contribution in [0.25, 0.3) is 0 Å². The molecule has 1 fully saturated rings. The van der Waals surface area contributed by atoms with Crippen molar-refractivity contribution in [3.05, 3.63) is 64.7 Å². The minimum absolute atomic E-state index is 0.0456. The van der Waals surface area contributed by atoms with Crippen molar-refractivity contribution in [2.24, 2.45) is 4.99 Å². The zero-order valence-corrected chi connectivity index (χ0v) is 15.9. The van der Waals surface area contributed by atoms with Crippen LogP contribution in [0.2, 0.25) is 0 Å². The Labute approximate surface area is 164 Å². The van der Waals surface area contributed by atoms with Crippen molar-refractivity contribution < 1.29 is 13.6 Å². The van der Waals surface area contributed by atoms with Gasteiger partial charge in [-0.15, -0.1) is 0 Å². The fourth-order valence-electron chi connectivity index (χ4n) is 4.03. The second-order valence-electron chi connectivity index (χ2n) is 7.68. The first-order valence-corrected chi connectivity index (χ1v) is 9.98. The van der Waals surface area contributed by atoms with Crippen LogP contribution in [-0.4, -0.2) is 29.5 Å². The second kappa shape index (κ2) is 8.31. The molecule has 2 heterocycles. The molecule has 1 saturated heterocycles. The van der Waals surface area contributed by atoms with Gasteiger partial charge < -0.3 is 0 Å². The number of Topliss-reactive ketones (excluding diaryl/α,β-unsaturated/α-hetero) is 1. The molecule has 0 unspecified atom stereocenters. The van der Waals surface area contributed by atoms with Crippen molar-refractivity contribution in [1.82, 2.24) is 4.90 Å². The van der Waals surface area contributed by atoms with Crippen LogP contribution in [0.3, 0.4) is 0 Å². The van der Waals surface area contributed by atoms with E-state index in [1.54, 1.807) is 6.07 Å².